The van der Waals surface area contributed by atoms with Gasteiger partial charge in [0, 0.05) is 18.7 Å². The minimum Gasteiger partial charge on any atom is -0.374 e. The highest BCUT2D eigenvalue weighted by Gasteiger charge is 2.09. The first-order chi connectivity index (χ1) is 11.1. The van der Waals surface area contributed by atoms with Gasteiger partial charge in [-0.15, -0.1) is 0 Å². The Morgan fingerprint density at radius 1 is 1.09 bits per heavy atom. The van der Waals surface area contributed by atoms with Crippen molar-refractivity contribution in [3.63, 3.8) is 0 Å². The van der Waals surface area contributed by atoms with Gasteiger partial charge in [-0.05, 0) is 49.9 Å². The van der Waals surface area contributed by atoms with E-state index in [1.54, 1.807) is 0 Å². The number of amides is 1. The average molecular weight is 311 g/mol. The molecular formula is C20H25NO2. The number of rotatable bonds is 7. The maximum Gasteiger partial charge on any atom is 0.251 e. The first-order valence-electron chi connectivity index (χ1n) is 8.10. The van der Waals surface area contributed by atoms with Crippen LogP contribution in [0.5, 0.6) is 0 Å². The zero-order valence-corrected chi connectivity index (χ0v) is 14.1. The number of carbonyl (C=O) groups is 1. The molecule has 1 amide bonds. The Balaban J connectivity index is 1.71. The van der Waals surface area contributed by atoms with E-state index in [1.807, 2.05) is 57.2 Å². The highest BCUT2D eigenvalue weighted by molar-refractivity contribution is 5.95. The molecule has 2 aromatic rings. The van der Waals surface area contributed by atoms with Gasteiger partial charge in [0.05, 0.1) is 6.10 Å². The summed E-state index contributed by atoms with van der Waals surface area (Å²) in [4.78, 5) is 12.2. The summed E-state index contributed by atoms with van der Waals surface area (Å²) in [5.74, 6) is -0.0118. The molecule has 23 heavy (non-hydrogen) atoms. The van der Waals surface area contributed by atoms with E-state index in [-0.39, 0.29) is 12.0 Å². The van der Waals surface area contributed by atoms with Crippen LogP contribution in [0.4, 0.5) is 0 Å². The lowest BCUT2D eigenvalue weighted by Crippen LogP contribution is -2.26. The fourth-order valence-corrected chi connectivity index (χ4v) is 2.45. The Labute approximate surface area is 138 Å². The van der Waals surface area contributed by atoms with Crippen LogP contribution in [0.15, 0.2) is 48.5 Å². The number of hydrogen-bond acceptors (Lipinski definition) is 2. The third kappa shape index (κ3) is 4.93. The molecule has 1 N–H and O–H groups in total. The molecule has 0 aliphatic rings. The Kier molecular flexibility index (Phi) is 6.36. The standard InChI is InChI=1S/C20H25NO2/c1-15-9-7-12-19(16(15)2)20(22)21-13-8-14-23-17(3)18-10-5-4-6-11-18/h4-7,9-12,17H,8,13-14H2,1-3H3,(H,21,22)/t17-/m0/s1. The molecule has 122 valence electrons. The smallest absolute Gasteiger partial charge is 0.251 e. The van der Waals surface area contributed by atoms with Crippen LogP contribution >= 0.6 is 0 Å². The predicted molar refractivity (Wildman–Crippen MR) is 93.7 cm³/mol. The molecule has 3 nitrogen and oxygen atoms in total. The van der Waals surface area contributed by atoms with Crippen molar-refractivity contribution in [2.75, 3.05) is 13.2 Å². The molecular weight excluding hydrogens is 286 g/mol. The van der Waals surface area contributed by atoms with Gasteiger partial charge >= 0.3 is 0 Å². The molecule has 0 spiro atoms. The number of carbonyl (C=O) groups excluding carboxylic acids is 1. The second-order valence-electron chi connectivity index (χ2n) is 5.78. The van der Waals surface area contributed by atoms with E-state index < -0.39 is 0 Å². The highest BCUT2D eigenvalue weighted by atomic mass is 16.5. The van der Waals surface area contributed by atoms with Crippen LogP contribution in [-0.4, -0.2) is 19.1 Å². The third-order valence-electron chi connectivity index (χ3n) is 4.09. The average Bonchev–Trinajstić information content (AvgIpc) is 2.57. The molecule has 0 fully saturated rings. The summed E-state index contributed by atoms with van der Waals surface area (Å²) in [7, 11) is 0. The Bertz CT molecular complexity index is 637. The fraction of sp³-hybridized carbons (Fsp3) is 0.350. The van der Waals surface area contributed by atoms with Crippen LogP contribution in [0.1, 0.15) is 46.5 Å². The largest absolute Gasteiger partial charge is 0.374 e. The Morgan fingerprint density at radius 3 is 2.57 bits per heavy atom. The van der Waals surface area contributed by atoms with Crippen LogP contribution in [0.25, 0.3) is 0 Å². The minimum absolute atomic E-state index is 0.0118. The van der Waals surface area contributed by atoms with Gasteiger partial charge in [-0.1, -0.05) is 42.5 Å². The molecule has 1 atom stereocenters. The van der Waals surface area contributed by atoms with Crippen molar-refractivity contribution < 1.29 is 9.53 Å². The second-order valence-corrected chi connectivity index (χ2v) is 5.78. The van der Waals surface area contributed by atoms with Crippen molar-refractivity contribution in [2.45, 2.75) is 33.3 Å². The van der Waals surface area contributed by atoms with E-state index in [9.17, 15) is 4.79 Å². The summed E-state index contributed by atoms with van der Waals surface area (Å²) >= 11 is 0. The van der Waals surface area contributed by atoms with Crippen LogP contribution < -0.4 is 5.32 Å². The maximum atomic E-state index is 12.2. The van der Waals surface area contributed by atoms with Gasteiger partial charge in [0.15, 0.2) is 0 Å². The van der Waals surface area contributed by atoms with Crippen molar-refractivity contribution in [3.8, 4) is 0 Å². The lowest BCUT2D eigenvalue weighted by molar-refractivity contribution is 0.0635. The van der Waals surface area contributed by atoms with Crippen LogP contribution in [0.2, 0.25) is 0 Å². The van der Waals surface area contributed by atoms with E-state index >= 15 is 0 Å². The van der Waals surface area contributed by atoms with E-state index in [2.05, 4.69) is 17.4 Å². The van der Waals surface area contributed by atoms with E-state index in [0.29, 0.717) is 13.2 Å². The molecule has 3 heteroatoms. The molecule has 0 aliphatic carbocycles. The lowest BCUT2D eigenvalue weighted by atomic mass is 10.0. The summed E-state index contributed by atoms with van der Waals surface area (Å²) in [6.07, 6.45) is 0.874. The highest BCUT2D eigenvalue weighted by Crippen LogP contribution is 2.16. The normalized spacial score (nSPS) is 12.0. The first kappa shape index (κ1) is 17.2. The van der Waals surface area contributed by atoms with Crippen molar-refractivity contribution >= 4 is 5.91 Å². The Hall–Kier alpha value is -2.13. The molecule has 2 aromatic carbocycles. The van der Waals surface area contributed by atoms with Gasteiger partial charge in [-0.3, -0.25) is 4.79 Å². The topological polar surface area (TPSA) is 38.3 Å². The van der Waals surface area contributed by atoms with Crippen molar-refractivity contribution in [1.29, 1.82) is 0 Å². The number of benzene rings is 2. The maximum absolute atomic E-state index is 12.2. The van der Waals surface area contributed by atoms with E-state index in [4.69, 9.17) is 4.74 Å². The molecule has 2 rings (SSSR count). The molecule has 0 aromatic heterocycles. The quantitative estimate of drug-likeness (QED) is 0.778. The summed E-state index contributed by atoms with van der Waals surface area (Å²) in [5.41, 5.74) is 4.10. The second kappa shape index (κ2) is 8.49. The lowest BCUT2D eigenvalue weighted by Gasteiger charge is -2.14. The summed E-state index contributed by atoms with van der Waals surface area (Å²) < 4.78 is 5.81. The van der Waals surface area contributed by atoms with Gasteiger partial charge in [0.1, 0.15) is 0 Å². The number of nitrogens with one attached hydrogen (secondary N) is 1. The molecule has 0 unspecified atom stereocenters. The van der Waals surface area contributed by atoms with Crippen molar-refractivity contribution in [2.24, 2.45) is 0 Å². The zero-order valence-electron chi connectivity index (χ0n) is 14.1. The van der Waals surface area contributed by atoms with Gasteiger partial charge in [-0.2, -0.15) is 0 Å². The molecule has 0 radical (unpaired) electrons. The first-order valence-corrected chi connectivity index (χ1v) is 8.10. The van der Waals surface area contributed by atoms with E-state index in [1.165, 1.54) is 5.56 Å². The van der Waals surface area contributed by atoms with E-state index in [0.717, 1.165) is 23.1 Å². The van der Waals surface area contributed by atoms with Gasteiger partial charge < -0.3 is 10.1 Å². The molecule has 0 saturated heterocycles. The molecule has 0 heterocycles. The molecule has 0 bridgehead atoms. The third-order valence-corrected chi connectivity index (χ3v) is 4.09. The minimum atomic E-state index is -0.0118. The monoisotopic (exact) mass is 311 g/mol. The molecule has 0 saturated carbocycles. The molecule has 0 aliphatic heterocycles. The zero-order chi connectivity index (χ0) is 16.7. The fourth-order valence-electron chi connectivity index (χ4n) is 2.45. The Morgan fingerprint density at radius 2 is 1.83 bits per heavy atom. The summed E-state index contributed by atoms with van der Waals surface area (Å²) in [6.45, 7) is 7.29. The van der Waals surface area contributed by atoms with Gasteiger partial charge in [0.2, 0.25) is 0 Å². The summed E-state index contributed by atoms with van der Waals surface area (Å²) in [6, 6.07) is 16.0. The van der Waals surface area contributed by atoms with Crippen LogP contribution in [0, 0.1) is 13.8 Å². The van der Waals surface area contributed by atoms with Gasteiger partial charge in [-0.25, -0.2) is 0 Å². The SMILES string of the molecule is Cc1cccc(C(=O)NCCCO[C@@H](C)c2ccccc2)c1C. The van der Waals surface area contributed by atoms with Crippen molar-refractivity contribution in [3.05, 3.63) is 70.8 Å². The number of ether oxygens (including phenoxy) is 1. The number of aryl methyl sites for hydroxylation is 1. The van der Waals surface area contributed by atoms with Crippen LogP contribution in [0.3, 0.4) is 0 Å². The summed E-state index contributed by atoms with van der Waals surface area (Å²) in [5, 5.41) is 2.96. The number of hydrogen-bond donors (Lipinski definition) is 1. The van der Waals surface area contributed by atoms with Crippen LogP contribution in [-0.2, 0) is 4.74 Å². The van der Waals surface area contributed by atoms with Crippen molar-refractivity contribution in [1.82, 2.24) is 5.32 Å². The van der Waals surface area contributed by atoms with Gasteiger partial charge in [0.25, 0.3) is 5.91 Å². The predicted octanol–water partition coefficient (Wildman–Crippen LogP) is 4.20.